The third-order valence-electron chi connectivity index (χ3n) is 0. The minimum atomic E-state index is 0. The fraction of sp³-hybridized carbons (Fsp3) is 0. The van der Waals surface area contributed by atoms with Gasteiger partial charge in [-0.3, -0.25) is 0 Å². The Morgan fingerprint density at radius 1 is 0.500 bits per heavy atom. The third kappa shape index (κ3) is 8.84. The van der Waals surface area contributed by atoms with Crippen LogP contribution in [-0.2, 0) is 50.3 Å². The van der Waals surface area contributed by atoms with Gasteiger partial charge in [-0.1, -0.05) is 0 Å². The summed E-state index contributed by atoms with van der Waals surface area (Å²) in [5, 5.41) is 0. The average Bonchev–Trinajstić information content (AvgIpc) is 0. The number of hydrogen-bond donors (Lipinski definition) is 0. The van der Waals surface area contributed by atoms with Gasteiger partial charge in [-0.05, 0) is 0 Å². The van der Waals surface area contributed by atoms with Crippen molar-refractivity contribution in [2.24, 2.45) is 0 Å². The zero-order valence-corrected chi connectivity index (χ0v) is 7.04. The summed E-state index contributed by atoms with van der Waals surface area (Å²) in [7, 11) is 0. The summed E-state index contributed by atoms with van der Waals surface area (Å²) in [5.74, 6) is 0. The Balaban J connectivity index is 0. The summed E-state index contributed by atoms with van der Waals surface area (Å²) in [5.41, 5.74) is 0. The predicted molar refractivity (Wildman–Crippen MR) is 5.75 cm³/mol. The molecule has 0 saturated heterocycles. The molecule has 0 rings (SSSR count). The molecule has 4 heteroatoms. The number of hydrogen-bond acceptors (Lipinski definition) is 0. The summed E-state index contributed by atoms with van der Waals surface area (Å²) in [4.78, 5) is 0. The summed E-state index contributed by atoms with van der Waals surface area (Å²) in [6.45, 7) is 0. The predicted octanol–water partition coefficient (Wildman–Crippen LogP) is -0.388. The summed E-state index contributed by atoms with van der Waals surface area (Å²) in [6.07, 6.45) is 0. The van der Waals surface area contributed by atoms with Crippen LogP contribution < -0.4 is 0 Å². The molecule has 0 atom stereocenters. The van der Waals surface area contributed by atoms with E-state index in [0.717, 1.165) is 0 Å². The summed E-state index contributed by atoms with van der Waals surface area (Å²) >= 11 is 0. The van der Waals surface area contributed by atoms with Crippen LogP contribution in [0, 0.1) is 0 Å². The van der Waals surface area contributed by atoms with Crippen molar-refractivity contribution in [1.82, 2.24) is 0 Å². The van der Waals surface area contributed by atoms with E-state index in [1.54, 1.807) is 0 Å². The first kappa shape index (κ1) is 29.3. The van der Waals surface area contributed by atoms with Gasteiger partial charge in [0.05, 0.1) is 0 Å². The van der Waals surface area contributed by atoms with Crippen LogP contribution in [0.15, 0.2) is 0 Å². The molecule has 0 saturated carbocycles. The Labute approximate surface area is 86.4 Å². The standard InChI is InChI=1S/Ca.3Co. The Morgan fingerprint density at radius 3 is 0.500 bits per heavy atom. The van der Waals surface area contributed by atoms with Gasteiger partial charge < -0.3 is 0 Å². The van der Waals surface area contributed by atoms with Gasteiger partial charge in [0.2, 0.25) is 0 Å². The molecule has 5 radical (unpaired) electrons. The molecule has 0 fully saturated rings. The third-order valence-corrected chi connectivity index (χ3v) is 0. The maximum absolute atomic E-state index is 0. The van der Waals surface area contributed by atoms with E-state index in [4.69, 9.17) is 0 Å². The summed E-state index contributed by atoms with van der Waals surface area (Å²) < 4.78 is 0. The quantitative estimate of drug-likeness (QED) is 0.485. The molecule has 0 heterocycles. The minimum absolute atomic E-state index is 0. The van der Waals surface area contributed by atoms with E-state index in [1.807, 2.05) is 0 Å². The van der Waals surface area contributed by atoms with Crippen molar-refractivity contribution in [3.8, 4) is 0 Å². The zero-order chi connectivity index (χ0) is 0. The van der Waals surface area contributed by atoms with E-state index < -0.39 is 0 Å². The van der Waals surface area contributed by atoms with Crippen LogP contribution in [0.25, 0.3) is 0 Å². The van der Waals surface area contributed by atoms with Crippen molar-refractivity contribution in [3.63, 3.8) is 0 Å². The molecule has 0 N–H and O–H groups in total. The van der Waals surface area contributed by atoms with Crippen molar-refractivity contribution in [1.29, 1.82) is 0 Å². The van der Waals surface area contributed by atoms with Crippen LogP contribution in [0.4, 0.5) is 0 Å². The van der Waals surface area contributed by atoms with Crippen LogP contribution in [-0.4, -0.2) is 37.7 Å². The molecule has 4 heavy (non-hydrogen) atoms. The zero-order valence-electron chi connectivity index (χ0n) is 1.71. The molecule has 0 aliphatic heterocycles. The van der Waals surface area contributed by atoms with Gasteiger partial charge in [-0.25, -0.2) is 0 Å². The first-order valence-corrected chi connectivity index (χ1v) is 0. The van der Waals surface area contributed by atoms with Crippen molar-refractivity contribution in [2.75, 3.05) is 0 Å². The Kier molecular flexibility index (Phi) is 125. The second kappa shape index (κ2) is 17.1. The normalized spacial score (nSPS) is 0. The molecule has 0 bridgehead atoms. The monoisotopic (exact) mass is 217 g/mol. The van der Waals surface area contributed by atoms with Crippen molar-refractivity contribution >= 4 is 37.7 Å². The maximum Gasteiger partial charge on any atom is 0 e. The van der Waals surface area contributed by atoms with Gasteiger partial charge in [0.1, 0.15) is 0 Å². The molecule has 0 amide bonds. The van der Waals surface area contributed by atoms with E-state index in [-0.39, 0.29) is 88.1 Å². The van der Waals surface area contributed by atoms with Crippen LogP contribution in [0.5, 0.6) is 0 Å². The van der Waals surface area contributed by atoms with E-state index in [2.05, 4.69) is 0 Å². The molecular formula is CaCo3. The van der Waals surface area contributed by atoms with Crippen molar-refractivity contribution in [3.05, 3.63) is 0 Å². The molecule has 0 aromatic heterocycles. The van der Waals surface area contributed by atoms with E-state index in [9.17, 15) is 0 Å². The summed E-state index contributed by atoms with van der Waals surface area (Å²) in [6, 6.07) is 0. The van der Waals surface area contributed by atoms with E-state index >= 15 is 0 Å². The first-order valence-electron chi connectivity index (χ1n) is 0. The van der Waals surface area contributed by atoms with Gasteiger partial charge >= 0.3 is 0 Å². The number of rotatable bonds is 0. The van der Waals surface area contributed by atoms with Crippen LogP contribution in [0.3, 0.4) is 0 Å². The Morgan fingerprint density at radius 2 is 0.500 bits per heavy atom. The molecule has 0 aliphatic carbocycles. The van der Waals surface area contributed by atoms with Crippen LogP contribution >= 0.6 is 0 Å². The fourth-order valence-electron chi connectivity index (χ4n) is 0. The van der Waals surface area contributed by atoms with Gasteiger partial charge in [0, 0.05) is 88.1 Å². The van der Waals surface area contributed by atoms with Gasteiger partial charge in [-0.15, -0.1) is 0 Å². The van der Waals surface area contributed by atoms with Gasteiger partial charge in [0.15, 0.2) is 0 Å². The molecule has 29 valence electrons. The minimum Gasteiger partial charge on any atom is 0 e. The van der Waals surface area contributed by atoms with E-state index in [0.29, 0.717) is 0 Å². The second-order valence-electron chi connectivity index (χ2n) is 0. The van der Waals surface area contributed by atoms with Crippen LogP contribution in [0.2, 0.25) is 0 Å². The molecule has 0 unspecified atom stereocenters. The van der Waals surface area contributed by atoms with Gasteiger partial charge in [0.25, 0.3) is 0 Å². The molecule has 0 nitrogen and oxygen atoms in total. The molecule has 0 spiro atoms. The molecule has 0 aromatic rings. The largest absolute Gasteiger partial charge is 0 e. The average molecular weight is 217 g/mol. The SMILES string of the molecule is [Ca].[Co].[Co].[Co]. The Hall–Kier alpha value is 2.78. The second-order valence-corrected chi connectivity index (χ2v) is 0. The molecular weight excluding hydrogens is 217 g/mol. The smallest absolute Gasteiger partial charge is 0 e. The maximum atomic E-state index is 0. The van der Waals surface area contributed by atoms with E-state index in [1.165, 1.54) is 0 Å². The molecule has 0 aliphatic rings. The first-order chi connectivity index (χ1) is 0. The topological polar surface area (TPSA) is 0 Å². The van der Waals surface area contributed by atoms with Crippen molar-refractivity contribution in [2.45, 2.75) is 0 Å². The van der Waals surface area contributed by atoms with Crippen molar-refractivity contribution < 1.29 is 50.3 Å². The fourth-order valence-corrected chi connectivity index (χ4v) is 0. The molecule has 0 aromatic carbocycles. The van der Waals surface area contributed by atoms with Gasteiger partial charge in [-0.2, -0.15) is 0 Å². The van der Waals surface area contributed by atoms with Crippen LogP contribution in [0.1, 0.15) is 0 Å². The Bertz CT molecular complexity index is 3.25.